The highest BCUT2D eigenvalue weighted by atomic mass is 79.9. The zero-order valence-corrected chi connectivity index (χ0v) is 13.5. The van der Waals surface area contributed by atoms with Gasteiger partial charge in [0.15, 0.2) is 0 Å². The summed E-state index contributed by atoms with van der Waals surface area (Å²) in [7, 11) is 0. The zero-order valence-electron chi connectivity index (χ0n) is 11.9. The molecular weight excluding hydrogens is 340 g/mol. The minimum atomic E-state index is 0.144. The van der Waals surface area contributed by atoms with Crippen LogP contribution in [0.2, 0.25) is 0 Å². The Morgan fingerprint density at radius 1 is 1.18 bits per heavy atom. The first kappa shape index (κ1) is 14.7. The van der Waals surface area contributed by atoms with Crippen molar-refractivity contribution in [2.75, 3.05) is 0 Å². The van der Waals surface area contributed by atoms with Gasteiger partial charge < -0.3 is 4.98 Å². The molecule has 0 atom stereocenters. The van der Waals surface area contributed by atoms with E-state index in [-0.39, 0.29) is 5.78 Å². The largest absolute Gasteiger partial charge is 0.342 e. The molecule has 0 saturated heterocycles. The van der Waals surface area contributed by atoms with Gasteiger partial charge in [-0.15, -0.1) is 0 Å². The van der Waals surface area contributed by atoms with E-state index in [0.29, 0.717) is 18.7 Å². The number of nitrogens with zero attached hydrogens (tertiary/aromatic N) is 1. The molecule has 0 fully saturated rings. The van der Waals surface area contributed by atoms with Crippen molar-refractivity contribution in [3.63, 3.8) is 0 Å². The number of benzene rings is 2. The lowest BCUT2D eigenvalue weighted by Gasteiger charge is -1.94. The molecule has 110 valence electrons. The highest BCUT2D eigenvalue weighted by Gasteiger charge is 2.07. The van der Waals surface area contributed by atoms with E-state index in [2.05, 4.69) is 25.9 Å². The predicted molar refractivity (Wildman–Crippen MR) is 92.6 cm³/mol. The monoisotopic (exact) mass is 354 g/mol. The highest BCUT2D eigenvalue weighted by molar-refractivity contribution is 9.10. The summed E-state index contributed by atoms with van der Waals surface area (Å²) in [5.74, 6) is 0.858. The fourth-order valence-electron chi connectivity index (χ4n) is 2.27. The fraction of sp³-hybridized carbons (Fsp3) is 0.111. The molecule has 0 radical (unpaired) electrons. The van der Waals surface area contributed by atoms with Crippen molar-refractivity contribution < 1.29 is 4.79 Å². The van der Waals surface area contributed by atoms with E-state index in [4.69, 9.17) is 0 Å². The van der Waals surface area contributed by atoms with E-state index in [1.807, 2.05) is 60.7 Å². The molecule has 0 bridgehead atoms. The van der Waals surface area contributed by atoms with Crippen molar-refractivity contribution in [2.45, 2.75) is 12.8 Å². The van der Waals surface area contributed by atoms with E-state index in [0.717, 1.165) is 21.1 Å². The van der Waals surface area contributed by atoms with Gasteiger partial charge in [-0.1, -0.05) is 58.4 Å². The lowest BCUT2D eigenvalue weighted by molar-refractivity contribution is -0.117. The molecule has 4 heteroatoms. The van der Waals surface area contributed by atoms with E-state index in [1.165, 1.54) is 0 Å². The van der Waals surface area contributed by atoms with Gasteiger partial charge in [-0.05, 0) is 23.8 Å². The van der Waals surface area contributed by atoms with Crippen molar-refractivity contribution in [3.05, 3.63) is 70.5 Å². The van der Waals surface area contributed by atoms with Gasteiger partial charge in [0.1, 0.15) is 11.6 Å². The molecule has 3 nitrogen and oxygen atoms in total. The van der Waals surface area contributed by atoms with Gasteiger partial charge in [-0.25, -0.2) is 4.98 Å². The van der Waals surface area contributed by atoms with Gasteiger partial charge in [0.25, 0.3) is 0 Å². The average molecular weight is 355 g/mol. The van der Waals surface area contributed by atoms with Crippen molar-refractivity contribution in [1.82, 2.24) is 9.97 Å². The van der Waals surface area contributed by atoms with Crippen LogP contribution in [0, 0.1) is 0 Å². The Bertz CT molecular complexity index is 821. The smallest absolute Gasteiger partial charge is 0.144 e. The Morgan fingerprint density at radius 2 is 2.00 bits per heavy atom. The Morgan fingerprint density at radius 3 is 2.82 bits per heavy atom. The number of Topliss-reactive ketones (excluding diaryl/α,β-unsaturated/α-hetero) is 1. The lowest BCUT2D eigenvalue weighted by Crippen LogP contribution is -2.02. The number of allylic oxidation sites excluding steroid dienone is 1. The van der Waals surface area contributed by atoms with Crippen LogP contribution in [-0.4, -0.2) is 15.8 Å². The molecule has 0 spiro atoms. The summed E-state index contributed by atoms with van der Waals surface area (Å²) in [5, 5.41) is 0. The molecule has 1 heterocycles. The number of rotatable bonds is 5. The molecule has 2 aromatic carbocycles. The lowest BCUT2D eigenvalue weighted by atomic mass is 10.1. The summed E-state index contributed by atoms with van der Waals surface area (Å²) in [5.41, 5.74) is 2.92. The van der Waals surface area contributed by atoms with E-state index < -0.39 is 0 Å². The second-order valence-corrected chi connectivity index (χ2v) is 5.99. The summed E-state index contributed by atoms with van der Waals surface area (Å²) in [6.07, 6.45) is 4.60. The van der Waals surface area contributed by atoms with Crippen molar-refractivity contribution in [3.8, 4) is 0 Å². The average Bonchev–Trinajstić information content (AvgIpc) is 2.89. The molecule has 0 aliphatic rings. The number of carbonyl (C=O) groups is 1. The number of hydrogen-bond donors (Lipinski definition) is 1. The minimum absolute atomic E-state index is 0.144. The number of carbonyl (C=O) groups excluding carboxylic acids is 1. The van der Waals surface area contributed by atoms with E-state index >= 15 is 0 Å². The van der Waals surface area contributed by atoms with Crippen LogP contribution < -0.4 is 0 Å². The fourth-order valence-corrected chi connectivity index (χ4v) is 2.63. The quantitative estimate of drug-likeness (QED) is 0.730. The van der Waals surface area contributed by atoms with Crippen LogP contribution in [0.15, 0.2) is 59.1 Å². The first-order chi connectivity index (χ1) is 10.7. The van der Waals surface area contributed by atoms with Crippen molar-refractivity contribution in [2.24, 2.45) is 0 Å². The number of aromatic nitrogens is 2. The number of nitrogens with one attached hydrogen (secondary N) is 1. The van der Waals surface area contributed by atoms with Crippen LogP contribution in [0.3, 0.4) is 0 Å². The Balaban J connectivity index is 1.62. The molecule has 0 aliphatic carbocycles. The standard InChI is InChI=1S/C18H15BrN2O/c19-14-9-10-16-17(11-14)21-18(20-16)12-15(22)8-4-7-13-5-2-1-3-6-13/h1-7,9-11H,8,12H2,(H,20,21). The SMILES string of the molecule is O=C(CC=Cc1ccccc1)Cc1nc2ccc(Br)cc2[nH]1. The van der Waals surface area contributed by atoms with Crippen LogP contribution in [0.25, 0.3) is 17.1 Å². The molecule has 3 rings (SSSR count). The van der Waals surface area contributed by atoms with Gasteiger partial charge >= 0.3 is 0 Å². The number of halogens is 1. The maximum absolute atomic E-state index is 12.0. The second-order valence-electron chi connectivity index (χ2n) is 5.08. The molecular formula is C18H15BrN2O. The van der Waals surface area contributed by atoms with Crippen LogP contribution in [0.4, 0.5) is 0 Å². The second kappa shape index (κ2) is 6.71. The maximum atomic E-state index is 12.0. The third kappa shape index (κ3) is 3.71. The van der Waals surface area contributed by atoms with Crippen molar-refractivity contribution in [1.29, 1.82) is 0 Å². The molecule has 0 aliphatic heterocycles. The Labute approximate surface area is 137 Å². The number of H-pyrrole nitrogens is 1. The third-order valence-corrected chi connectivity index (χ3v) is 3.81. The van der Waals surface area contributed by atoms with Crippen LogP contribution in [-0.2, 0) is 11.2 Å². The molecule has 0 saturated carbocycles. The predicted octanol–water partition coefficient (Wildman–Crippen LogP) is 4.54. The third-order valence-electron chi connectivity index (χ3n) is 3.31. The number of aromatic amines is 1. The number of ketones is 1. The molecule has 1 N–H and O–H groups in total. The summed E-state index contributed by atoms with van der Waals surface area (Å²) >= 11 is 3.43. The molecule has 0 unspecified atom stereocenters. The summed E-state index contributed by atoms with van der Waals surface area (Å²) in [6, 6.07) is 15.8. The summed E-state index contributed by atoms with van der Waals surface area (Å²) < 4.78 is 0.993. The summed E-state index contributed by atoms with van der Waals surface area (Å²) in [6.45, 7) is 0. The Kier molecular flexibility index (Phi) is 4.49. The summed E-state index contributed by atoms with van der Waals surface area (Å²) in [4.78, 5) is 19.7. The Hall–Kier alpha value is -2.20. The zero-order chi connectivity index (χ0) is 15.4. The number of imidazole rings is 1. The van der Waals surface area contributed by atoms with Crippen LogP contribution in [0.5, 0.6) is 0 Å². The normalized spacial score (nSPS) is 11.3. The van der Waals surface area contributed by atoms with Crippen molar-refractivity contribution >= 4 is 38.8 Å². The topological polar surface area (TPSA) is 45.8 Å². The van der Waals surface area contributed by atoms with Gasteiger partial charge in [-0.3, -0.25) is 4.79 Å². The van der Waals surface area contributed by atoms with Crippen LogP contribution >= 0.6 is 15.9 Å². The maximum Gasteiger partial charge on any atom is 0.144 e. The highest BCUT2D eigenvalue weighted by Crippen LogP contribution is 2.18. The van der Waals surface area contributed by atoms with Crippen LogP contribution in [0.1, 0.15) is 17.8 Å². The van der Waals surface area contributed by atoms with Gasteiger partial charge in [-0.2, -0.15) is 0 Å². The number of fused-ring (bicyclic) bond motifs is 1. The number of hydrogen-bond acceptors (Lipinski definition) is 2. The first-order valence-corrected chi connectivity index (χ1v) is 7.87. The molecule has 0 amide bonds. The van der Waals surface area contributed by atoms with E-state index in [9.17, 15) is 4.79 Å². The van der Waals surface area contributed by atoms with Gasteiger partial charge in [0, 0.05) is 10.9 Å². The van der Waals surface area contributed by atoms with E-state index in [1.54, 1.807) is 0 Å². The molecule has 3 aromatic rings. The first-order valence-electron chi connectivity index (χ1n) is 7.08. The molecule has 22 heavy (non-hydrogen) atoms. The van der Waals surface area contributed by atoms with Gasteiger partial charge in [0.2, 0.25) is 0 Å². The molecule has 1 aromatic heterocycles. The minimum Gasteiger partial charge on any atom is -0.342 e. The van der Waals surface area contributed by atoms with Gasteiger partial charge in [0.05, 0.1) is 17.5 Å².